The molecule has 2 rings (SSSR count). The van der Waals surface area contributed by atoms with E-state index in [1.54, 1.807) is 0 Å². The Morgan fingerprint density at radius 3 is 2.68 bits per heavy atom. The Labute approximate surface area is 113 Å². The molecule has 2 heterocycles. The smallest absolute Gasteiger partial charge is 0.326 e. The predicted molar refractivity (Wildman–Crippen MR) is 71.0 cm³/mol. The van der Waals surface area contributed by atoms with Gasteiger partial charge in [-0.1, -0.05) is 6.92 Å². The van der Waals surface area contributed by atoms with Gasteiger partial charge in [-0.3, -0.25) is 4.90 Å². The van der Waals surface area contributed by atoms with Crippen molar-refractivity contribution in [2.24, 2.45) is 0 Å². The summed E-state index contributed by atoms with van der Waals surface area (Å²) in [5.74, 6) is -0.899. The Bertz CT molecular complexity index is 348. The molecule has 2 aliphatic rings. The highest BCUT2D eigenvalue weighted by Gasteiger charge is 2.34. The Morgan fingerprint density at radius 1 is 1.26 bits per heavy atom. The molecule has 2 unspecified atom stereocenters. The van der Waals surface area contributed by atoms with Crippen LogP contribution in [-0.2, 0) is 4.79 Å². The van der Waals surface area contributed by atoms with Crippen molar-refractivity contribution < 1.29 is 14.7 Å². The maximum Gasteiger partial charge on any atom is 0.326 e. The zero-order valence-corrected chi connectivity index (χ0v) is 11.5. The van der Waals surface area contributed by atoms with Gasteiger partial charge >= 0.3 is 12.0 Å². The van der Waals surface area contributed by atoms with Gasteiger partial charge < -0.3 is 15.3 Å². The molecule has 0 saturated carbocycles. The summed E-state index contributed by atoms with van der Waals surface area (Å²) in [5.41, 5.74) is 0. The summed E-state index contributed by atoms with van der Waals surface area (Å²) in [7, 11) is 0. The van der Waals surface area contributed by atoms with Crippen LogP contribution in [0.5, 0.6) is 0 Å². The Morgan fingerprint density at radius 2 is 2.00 bits per heavy atom. The van der Waals surface area contributed by atoms with Gasteiger partial charge in [0.15, 0.2) is 0 Å². The normalized spacial score (nSPS) is 27.7. The molecule has 2 N–H and O–H groups in total. The number of urea groups is 1. The monoisotopic (exact) mass is 269 g/mol. The molecule has 0 aromatic rings. The topological polar surface area (TPSA) is 72.9 Å². The van der Waals surface area contributed by atoms with Gasteiger partial charge in [-0.2, -0.15) is 0 Å². The van der Waals surface area contributed by atoms with Crippen LogP contribution in [0.2, 0.25) is 0 Å². The molecule has 6 nitrogen and oxygen atoms in total. The molecule has 0 aromatic heterocycles. The van der Waals surface area contributed by atoms with Gasteiger partial charge in [0.05, 0.1) is 0 Å². The molecule has 2 fully saturated rings. The predicted octanol–water partition coefficient (Wildman–Crippen LogP) is 0.729. The van der Waals surface area contributed by atoms with E-state index < -0.39 is 12.0 Å². The third-order valence-corrected chi connectivity index (χ3v) is 4.19. The van der Waals surface area contributed by atoms with E-state index in [0.29, 0.717) is 25.6 Å². The average Bonchev–Trinajstić information content (AvgIpc) is 3.04. The highest BCUT2D eigenvalue weighted by molar-refractivity contribution is 5.83. The molecule has 0 spiro atoms. The Balaban J connectivity index is 1.82. The number of aliphatic carboxylic acids is 1. The zero-order valence-electron chi connectivity index (χ0n) is 11.5. The molecular weight excluding hydrogens is 246 g/mol. The van der Waals surface area contributed by atoms with Crippen LogP contribution in [0.4, 0.5) is 4.79 Å². The molecule has 2 amide bonds. The first kappa shape index (κ1) is 14.1. The van der Waals surface area contributed by atoms with Crippen LogP contribution in [0.1, 0.15) is 32.6 Å². The maximum absolute atomic E-state index is 12.0. The summed E-state index contributed by atoms with van der Waals surface area (Å²) >= 11 is 0. The molecule has 2 atom stereocenters. The number of carbonyl (C=O) groups excluding carboxylic acids is 1. The van der Waals surface area contributed by atoms with Crippen LogP contribution >= 0.6 is 0 Å². The van der Waals surface area contributed by atoms with Gasteiger partial charge in [0.25, 0.3) is 0 Å². The third-order valence-electron chi connectivity index (χ3n) is 4.19. The van der Waals surface area contributed by atoms with E-state index in [1.807, 2.05) is 0 Å². The number of hydrogen-bond donors (Lipinski definition) is 2. The molecule has 2 saturated heterocycles. The van der Waals surface area contributed by atoms with Gasteiger partial charge in [-0.15, -0.1) is 0 Å². The summed E-state index contributed by atoms with van der Waals surface area (Å²) in [6.07, 6.45) is 3.62. The summed E-state index contributed by atoms with van der Waals surface area (Å²) in [5, 5.41) is 12.0. The number of likely N-dealkylation sites (N-methyl/N-ethyl adjacent to an activating group) is 1. The van der Waals surface area contributed by atoms with E-state index in [2.05, 4.69) is 17.1 Å². The highest BCUT2D eigenvalue weighted by atomic mass is 16.4. The minimum atomic E-state index is -0.899. The standard InChI is InChI=1S/C13H23N3O3/c1-2-15-7-3-5-10(15)9-14-13(19)16-8-4-6-11(16)12(17)18/h10-11H,2-9H2,1H3,(H,14,19)(H,17,18). The van der Waals surface area contributed by atoms with Crippen LogP contribution in [0.3, 0.4) is 0 Å². The van der Waals surface area contributed by atoms with E-state index in [9.17, 15) is 9.59 Å². The van der Waals surface area contributed by atoms with Crippen molar-refractivity contribution in [2.45, 2.75) is 44.7 Å². The number of nitrogens with one attached hydrogen (secondary N) is 1. The maximum atomic E-state index is 12.0. The molecule has 0 bridgehead atoms. The molecule has 0 aromatic carbocycles. The largest absolute Gasteiger partial charge is 0.480 e. The lowest BCUT2D eigenvalue weighted by atomic mass is 10.2. The Kier molecular flexibility index (Phi) is 4.63. The number of likely N-dealkylation sites (tertiary alicyclic amines) is 2. The molecular formula is C13H23N3O3. The van der Waals surface area contributed by atoms with E-state index in [1.165, 1.54) is 11.3 Å². The minimum Gasteiger partial charge on any atom is -0.480 e. The van der Waals surface area contributed by atoms with E-state index in [0.717, 1.165) is 25.9 Å². The lowest BCUT2D eigenvalue weighted by Gasteiger charge is -2.26. The zero-order chi connectivity index (χ0) is 13.8. The summed E-state index contributed by atoms with van der Waals surface area (Å²) in [6.45, 7) is 5.39. The summed E-state index contributed by atoms with van der Waals surface area (Å²) < 4.78 is 0. The number of carboxylic acids is 1. The fourth-order valence-electron chi connectivity index (χ4n) is 3.12. The first-order valence-electron chi connectivity index (χ1n) is 7.14. The van der Waals surface area contributed by atoms with Crippen molar-refractivity contribution in [3.05, 3.63) is 0 Å². The second-order valence-corrected chi connectivity index (χ2v) is 5.30. The lowest BCUT2D eigenvalue weighted by molar-refractivity contribution is -0.141. The molecule has 6 heteroatoms. The number of carbonyl (C=O) groups is 2. The van der Waals surface area contributed by atoms with Crippen molar-refractivity contribution >= 4 is 12.0 Å². The summed E-state index contributed by atoms with van der Waals surface area (Å²) in [4.78, 5) is 26.9. The number of amides is 2. The van der Waals surface area contributed by atoms with Gasteiger partial charge in [0.1, 0.15) is 6.04 Å². The number of nitrogens with zero attached hydrogens (tertiary/aromatic N) is 2. The number of hydrogen-bond acceptors (Lipinski definition) is 3. The van der Waals surface area contributed by atoms with Gasteiger partial charge in [0.2, 0.25) is 0 Å². The van der Waals surface area contributed by atoms with Crippen LogP contribution in [0, 0.1) is 0 Å². The summed E-state index contributed by atoms with van der Waals surface area (Å²) in [6, 6.07) is -0.474. The molecule has 108 valence electrons. The molecule has 0 aliphatic carbocycles. The van der Waals surface area contributed by atoms with E-state index >= 15 is 0 Å². The lowest BCUT2D eigenvalue weighted by Crippen LogP contribution is -2.49. The van der Waals surface area contributed by atoms with Gasteiger partial charge in [0, 0.05) is 19.1 Å². The Hall–Kier alpha value is -1.30. The van der Waals surface area contributed by atoms with E-state index in [4.69, 9.17) is 5.11 Å². The molecule has 19 heavy (non-hydrogen) atoms. The minimum absolute atomic E-state index is 0.229. The number of carboxylic acid groups (broad SMARTS) is 1. The van der Waals surface area contributed by atoms with Gasteiger partial charge in [-0.05, 0) is 38.8 Å². The van der Waals surface area contributed by atoms with Crippen LogP contribution in [-0.4, -0.2) is 65.2 Å². The van der Waals surface area contributed by atoms with Crippen LogP contribution < -0.4 is 5.32 Å². The highest BCUT2D eigenvalue weighted by Crippen LogP contribution is 2.18. The van der Waals surface area contributed by atoms with Crippen LogP contribution in [0.25, 0.3) is 0 Å². The first-order chi connectivity index (χ1) is 9.13. The second kappa shape index (κ2) is 6.23. The quantitative estimate of drug-likeness (QED) is 0.789. The SMILES string of the molecule is CCN1CCCC1CNC(=O)N1CCCC1C(=O)O. The van der Waals surface area contributed by atoms with Crippen molar-refractivity contribution in [2.75, 3.05) is 26.2 Å². The van der Waals surface area contributed by atoms with Crippen LogP contribution in [0.15, 0.2) is 0 Å². The van der Waals surface area contributed by atoms with E-state index in [-0.39, 0.29) is 6.03 Å². The third kappa shape index (κ3) is 3.18. The second-order valence-electron chi connectivity index (χ2n) is 5.30. The van der Waals surface area contributed by atoms with Crippen molar-refractivity contribution in [1.82, 2.24) is 15.1 Å². The van der Waals surface area contributed by atoms with Crippen molar-refractivity contribution in [3.63, 3.8) is 0 Å². The first-order valence-corrected chi connectivity index (χ1v) is 7.14. The van der Waals surface area contributed by atoms with Crippen molar-refractivity contribution in [1.29, 1.82) is 0 Å². The average molecular weight is 269 g/mol. The fraction of sp³-hybridized carbons (Fsp3) is 0.846. The molecule has 2 aliphatic heterocycles. The number of rotatable bonds is 4. The molecule has 0 radical (unpaired) electrons. The van der Waals surface area contributed by atoms with Crippen molar-refractivity contribution in [3.8, 4) is 0 Å². The van der Waals surface area contributed by atoms with Gasteiger partial charge in [-0.25, -0.2) is 9.59 Å². The fourth-order valence-corrected chi connectivity index (χ4v) is 3.12.